The summed E-state index contributed by atoms with van der Waals surface area (Å²) in [6.45, 7) is 8.15. The predicted molar refractivity (Wildman–Crippen MR) is 89.2 cm³/mol. The van der Waals surface area contributed by atoms with Gasteiger partial charge in [-0.05, 0) is 26.4 Å². The van der Waals surface area contributed by atoms with Gasteiger partial charge in [-0.25, -0.2) is 4.98 Å². The van der Waals surface area contributed by atoms with E-state index < -0.39 is 0 Å². The zero-order valence-electron chi connectivity index (χ0n) is 13.5. The molecule has 1 aromatic heterocycles. The Bertz CT molecular complexity index is 412. The largest absolute Gasteiger partial charge is 0.383 e. The smallest absolute Gasteiger partial charge is 0.185 e. The molecule has 1 atom stereocenters. The van der Waals surface area contributed by atoms with Crippen molar-refractivity contribution in [1.29, 1.82) is 0 Å². The average Bonchev–Trinajstić information content (AvgIpc) is 2.86. The molecule has 5 nitrogen and oxygen atoms in total. The summed E-state index contributed by atoms with van der Waals surface area (Å²) in [4.78, 5) is 9.77. The fourth-order valence-corrected chi connectivity index (χ4v) is 3.67. The van der Waals surface area contributed by atoms with Gasteiger partial charge in [-0.1, -0.05) is 6.92 Å². The lowest BCUT2D eigenvalue weighted by Gasteiger charge is -2.29. The van der Waals surface area contributed by atoms with Gasteiger partial charge in [-0.2, -0.15) is 0 Å². The molecule has 1 fully saturated rings. The van der Waals surface area contributed by atoms with Crippen molar-refractivity contribution in [2.75, 3.05) is 51.8 Å². The van der Waals surface area contributed by atoms with Crippen LogP contribution in [-0.4, -0.2) is 62.9 Å². The molecule has 1 aliphatic heterocycles. The number of rotatable bonds is 7. The third-order valence-electron chi connectivity index (χ3n) is 3.95. The molecule has 6 heteroatoms. The molecule has 0 bridgehead atoms. The Morgan fingerprint density at radius 1 is 1.48 bits per heavy atom. The molecule has 1 aliphatic rings. The molecular formula is C15H28N4OS. The summed E-state index contributed by atoms with van der Waals surface area (Å²) in [6, 6.07) is 0.581. The number of likely N-dealkylation sites (N-methyl/N-ethyl adjacent to an activating group) is 1. The van der Waals surface area contributed by atoms with Crippen molar-refractivity contribution in [2.24, 2.45) is 0 Å². The fraction of sp³-hybridized carbons (Fsp3) is 0.800. The van der Waals surface area contributed by atoms with E-state index in [1.54, 1.807) is 18.4 Å². The zero-order chi connectivity index (χ0) is 15.1. The normalized spacial score (nSPS) is 20.7. The first-order valence-electron chi connectivity index (χ1n) is 7.83. The van der Waals surface area contributed by atoms with Crippen LogP contribution in [-0.2, 0) is 11.3 Å². The minimum absolute atomic E-state index is 0.581. The molecule has 1 saturated heterocycles. The summed E-state index contributed by atoms with van der Waals surface area (Å²) in [6.07, 6.45) is 2.39. The number of methoxy groups -OCH3 is 1. The lowest BCUT2D eigenvalue weighted by molar-refractivity contribution is 0.199. The number of hydrogen-bond acceptors (Lipinski definition) is 6. The van der Waals surface area contributed by atoms with Crippen LogP contribution in [0.4, 0.5) is 5.13 Å². The van der Waals surface area contributed by atoms with E-state index in [-0.39, 0.29) is 0 Å². The molecule has 120 valence electrons. The van der Waals surface area contributed by atoms with Gasteiger partial charge in [0.1, 0.15) is 0 Å². The van der Waals surface area contributed by atoms with Crippen LogP contribution in [0.15, 0.2) is 5.38 Å². The minimum atomic E-state index is 0.581. The number of nitrogens with one attached hydrogen (secondary N) is 1. The van der Waals surface area contributed by atoms with Crippen LogP contribution in [0, 0.1) is 0 Å². The second kappa shape index (κ2) is 8.68. The SMILES string of the molecule is CCC1CN(C)CCCN1c1nc(CNCCOC)cs1. The van der Waals surface area contributed by atoms with Crippen LogP contribution in [0.5, 0.6) is 0 Å². The molecule has 1 aromatic rings. The van der Waals surface area contributed by atoms with E-state index in [1.165, 1.54) is 24.5 Å². The highest BCUT2D eigenvalue weighted by Gasteiger charge is 2.24. The number of thiazole rings is 1. The first-order valence-corrected chi connectivity index (χ1v) is 8.71. The molecule has 0 amide bonds. The highest BCUT2D eigenvalue weighted by molar-refractivity contribution is 7.13. The van der Waals surface area contributed by atoms with Gasteiger partial charge in [-0.15, -0.1) is 11.3 Å². The monoisotopic (exact) mass is 312 g/mol. The molecule has 1 N–H and O–H groups in total. The number of hydrogen-bond donors (Lipinski definition) is 1. The van der Waals surface area contributed by atoms with Gasteiger partial charge >= 0.3 is 0 Å². The van der Waals surface area contributed by atoms with Gasteiger partial charge in [0.2, 0.25) is 0 Å². The summed E-state index contributed by atoms with van der Waals surface area (Å²) in [5.74, 6) is 0. The Morgan fingerprint density at radius 2 is 2.33 bits per heavy atom. The van der Waals surface area contributed by atoms with Gasteiger partial charge in [-0.3, -0.25) is 0 Å². The third-order valence-corrected chi connectivity index (χ3v) is 4.87. The van der Waals surface area contributed by atoms with E-state index >= 15 is 0 Å². The molecule has 2 heterocycles. The summed E-state index contributed by atoms with van der Waals surface area (Å²) in [7, 11) is 3.95. The van der Waals surface area contributed by atoms with Crippen LogP contribution in [0.2, 0.25) is 0 Å². The average molecular weight is 312 g/mol. The predicted octanol–water partition coefficient (Wildman–Crippen LogP) is 1.80. The fourth-order valence-electron chi connectivity index (χ4n) is 2.74. The van der Waals surface area contributed by atoms with Crippen molar-refractivity contribution in [1.82, 2.24) is 15.2 Å². The topological polar surface area (TPSA) is 40.6 Å². The van der Waals surface area contributed by atoms with Crippen LogP contribution in [0.1, 0.15) is 25.5 Å². The molecule has 1 unspecified atom stereocenters. The molecule has 0 radical (unpaired) electrons. The Hall–Kier alpha value is -0.690. The summed E-state index contributed by atoms with van der Waals surface area (Å²) >= 11 is 1.77. The first kappa shape index (κ1) is 16.7. The molecule has 2 rings (SSSR count). The van der Waals surface area contributed by atoms with E-state index in [0.29, 0.717) is 6.04 Å². The van der Waals surface area contributed by atoms with Crippen LogP contribution < -0.4 is 10.2 Å². The second-order valence-corrected chi connectivity index (χ2v) is 6.50. The maximum Gasteiger partial charge on any atom is 0.185 e. The standard InChI is InChI=1S/C15H28N4OS/c1-4-14-11-18(2)7-5-8-19(14)15-17-13(12-21-15)10-16-6-9-20-3/h12,14,16H,4-11H2,1-3H3. The van der Waals surface area contributed by atoms with Crippen molar-refractivity contribution in [3.05, 3.63) is 11.1 Å². The molecule has 0 spiro atoms. The first-order chi connectivity index (χ1) is 10.2. The maximum atomic E-state index is 5.04. The van der Waals surface area contributed by atoms with E-state index in [2.05, 4.69) is 34.5 Å². The Labute approximate surface area is 132 Å². The Kier molecular flexibility index (Phi) is 6.89. The molecular weight excluding hydrogens is 284 g/mol. The minimum Gasteiger partial charge on any atom is -0.383 e. The van der Waals surface area contributed by atoms with Crippen LogP contribution in [0.25, 0.3) is 0 Å². The van der Waals surface area contributed by atoms with Gasteiger partial charge < -0.3 is 19.9 Å². The maximum absolute atomic E-state index is 5.04. The summed E-state index contributed by atoms with van der Waals surface area (Å²) in [5.41, 5.74) is 1.14. The van der Waals surface area contributed by atoms with Crippen molar-refractivity contribution >= 4 is 16.5 Å². The second-order valence-electron chi connectivity index (χ2n) is 5.66. The summed E-state index contributed by atoms with van der Waals surface area (Å²) in [5, 5.41) is 6.71. The molecule has 21 heavy (non-hydrogen) atoms. The Balaban J connectivity index is 1.94. The van der Waals surface area contributed by atoms with E-state index in [4.69, 9.17) is 9.72 Å². The molecule has 0 aliphatic carbocycles. The highest BCUT2D eigenvalue weighted by atomic mass is 32.1. The number of ether oxygens (including phenoxy) is 1. The highest BCUT2D eigenvalue weighted by Crippen LogP contribution is 2.25. The van der Waals surface area contributed by atoms with Gasteiger partial charge in [0, 0.05) is 44.7 Å². The molecule has 0 aromatic carbocycles. The van der Waals surface area contributed by atoms with E-state index in [0.717, 1.165) is 38.5 Å². The molecule has 0 saturated carbocycles. The Morgan fingerprint density at radius 3 is 3.10 bits per heavy atom. The van der Waals surface area contributed by atoms with Crippen molar-refractivity contribution in [2.45, 2.75) is 32.4 Å². The van der Waals surface area contributed by atoms with Crippen LogP contribution in [0.3, 0.4) is 0 Å². The van der Waals surface area contributed by atoms with Crippen molar-refractivity contribution in [3.8, 4) is 0 Å². The number of aromatic nitrogens is 1. The lowest BCUT2D eigenvalue weighted by atomic mass is 10.2. The van der Waals surface area contributed by atoms with Crippen molar-refractivity contribution < 1.29 is 4.74 Å². The van der Waals surface area contributed by atoms with Crippen LogP contribution >= 0.6 is 11.3 Å². The quantitative estimate of drug-likeness (QED) is 0.778. The number of nitrogens with zero attached hydrogens (tertiary/aromatic N) is 3. The zero-order valence-corrected chi connectivity index (χ0v) is 14.3. The van der Waals surface area contributed by atoms with Crippen molar-refractivity contribution in [3.63, 3.8) is 0 Å². The lowest BCUT2D eigenvalue weighted by Crippen LogP contribution is -2.39. The third kappa shape index (κ3) is 4.92. The van der Waals surface area contributed by atoms with E-state index in [1.807, 2.05) is 0 Å². The van der Waals surface area contributed by atoms with E-state index in [9.17, 15) is 0 Å². The van der Waals surface area contributed by atoms with Gasteiger partial charge in [0.25, 0.3) is 0 Å². The number of anilines is 1. The van der Waals surface area contributed by atoms with Gasteiger partial charge in [0.15, 0.2) is 5.13 Å². The van der Waals surface area contributed by atoms with Gasteiger partial charge in [0.05, 0.1) is 12.3 Å². The summed E-state index contributed by atoms with van der Waals surface area (Å²) < 4.78 is 5.04.